The molecule has 0 aliphatic carbocycles. The van der Waals surface area contributed by atoms with Gasteiger partial charge in [-0.1, -0.05) is 0 Å². The normalized spacial score (nSPS) is 9.12. The molecule has 0 N–H and O–H groups in total. The molecule has 0 aliphatic heterocycles. The molecule has 1 radical (unpaired) electrons. The monoisotopic (exact) mass is 213 g/mol. The van der Waals surface area contributed by atoms with Gasteiger partial charge in [-0.2, -0.15) is 0 Å². The summed E-state index contributed by atoms with van der Waals surface area (Å²) in [6.07, 6.45) is 0. The summed E-state index contributed by atoms with van der Waals surface area (Å²) in [6.45, 7) is 0. The maximum atomic E-state index is 2.16. The Morgan fingerprint density at radius 2 is 1.75 bits per heavy atom. The Bertz CT molecular complexity index is 146. The first-order chi connectivity index (χ1) is 3.93. The SMILES string of the molecule is [SbH][CH2]c1ccccc1. The van der Waals surface area contributed by atoms with Crippen molar-refractivity contribution in [3.05, 3.63) is 35.9 Å². The fourth-order valence-electron chi connectivity index (χ4n) is 0.596. The molecule has 1 heteroatoms. The first-order valence-corrected chi connectivity index (χ1v) is 4.64. The summed E-state index contributed by atoms with van der Waals surface area (Å²) < 4.78 is 1.23. The van der Waals surface area contributed by atoms with Crippen molar-refractivity contribution in [2.75, 3.05) is 0 Å². The Balaban J connectivity index is 2.83. The molecule has 0 nitrogen and oxygen atoms in total. The van der Waals surface area contributed by atoms with E-state index in [-0.39, 0.29) is 0 Å². The van der Waals surface area contributed by atoms with Crippen LogP contribution in [0.1, 0.15) is 5.56 Å². The average molecular weight is 214 g/mol. The van der Waals surface area contributed by atoms with E-state index >= 15 is 0 Å². The molecule has 0 bridgehead atoms. The third-order valence-electron chi connectivity index (χ3n) is 1.05. The van der Waals surface area contributed by atoms with Crippen molar-refractivity contribution in [3.8, 4) is 0 Å². The van der Waals surface area contributed by atoms with Gasteiger partial charge in [-0.25, -0.2) is 0 Å². The molecule has 1 aromatic rings. The summed E-state index contributed by atoms with van der Waals surface area (Å²) in [5.74, 6) is 0. The predicted molar refractivity (Wildman–Crippen MR) is 37.3 cm³/mol. The van der Waals surface area contributed by atoms with Crippen molar-refractivity contribution in [2.45, 2.75) is 4.37 Å². The van der Waals surface area contributed by atoms with Crippen LogP contribution < -0.4 is 0 Å². The van der Waals surface area contributed by atoms with Crippen LogP contribution >= 0.6 is 0 Å². The molecular formula is C7H8Sb. The zero-order chi connectivity index (χ0) is 5.82. The maximum absolute atomic E-state index is 2.16. The molecule has 0 heterocycles. The molecule has 0 spiro atoms. The Morgan fingerprint density at radius 1 is 1.12 bits per heavy atom. The molecule has 41 valence electrons. The molecule has 0 fully saturated rings. The number of hydrogen-bond acceptors (Lipinski definition) is 0. The van der Waals surface area contributed by atoms with E-state index in [1.54, 1.807) is 23.0 Å². The Labute approximate surface area is 63.4 Å². The van der Waals surface area contributed by atoms with Crippen molar-refractivity contribution < 1.29 is 0 Å². The topological polar surface area (TPSA) is 0 Å². The first kappa shape index (κ1) is 6.16. The van der Waals surface area contributed by atoms with Crippen molar-refractivity contribution in [1.29, 1.82) is 0 Å². The third-order valence-corrected chi connectivity index (χ3v) is 2.21. The quantitative estimate of drug-likeness (QED) is 0.613. The second kappa shape index (κ2) is 3.14. The summed E-state index contributed by atoms with van der Waals surface area (Å²) in [6, 6.07) is 10.5. The van der Waals surface area contributed by atoms with E-state index in [9.17, 15) is 0 Å². The Hall–Kier alpha value is 0.0382. The van der Waals surface area contributed by atoms with Crippen molar-refractivity contribution in [2.24, 2.45) is 0 Å². The van der Waals surface area contributed by atoms with Crippen LogP contribution in [0, 0.1) is 0 Å². The van der Waals surface area contributed by atoms with Crippen LogP contribution in [0.2, 0.25) is 0 Å². The molecule has 0 aromatic heterocycles. The third kappa shape index (κ3) is 1.52. The van der Waals surface area contributed by atoms with E-state index in [0.29, 0.717) is 0 Å². The van der Waals surface area contributed by atoms with Crippen molar-refractivity contribution in [3.63, 3.8) is 0 Å². The van der Waals surface area contributed by atoms with E-state index in [4.69, 9.17) is 0 Å². The second-order valence-corrected chi connectivity index (χ2v) is 2.67. The minimum atomic E-state index is 1.23. The predicted octanol–water partition coefficient (Wildman–Crippen LogP) is 1.09. The molecular weight excluding hydrogens is 206 g/mol. The Kier molecular flexibility index (Phi) is 2.42. The van der Waals surface area contributed by atoms with Crippen molar-refractivity contribution >= 4 is 23.0 Å². The molecule has 0 aliphatic rings. The van der Waals surface area contributed by atoms with Gasteiger partial charge in [0.1, 0.15) is 0 Å². The summed E-state index contributed by atoms with van der Waals surface area (Å²) in [5.41, 5.74) is 1.45. The van der Waals surface area contributed by atoms with Crippen LogP contribution in [0.15, 0.2) is 30.3 Å². The first-order valence-electron chi connectivity index (χ1n) is 2.62. The van der Waals surface area contributed by atoms with Gasteiger partial charge in [0.05, 0.1) is 0 Å². The van der Waals surface area contributed by atoms with Gasteiger partial charge in [0, 0.05) is 0 Å². The van der Waals surface area contributed by atoms with Gasteiger partial charge in [0.25, 0.3) is 0 Å². The summed E-state index contributed by atoms with van der Waals surface area (Å²) in [7, 11) is 0. The van der Waals surface area contributed by atoms with E-state index in [1.165, 1.54) is 9.93 Å². The van der Waals surface area contributed by atoms with Crippen LogP contribution in [0.25, 0.3) is 0 Å². The van der Waals surface area contributed by atoms with Gasteiger partial charge in [-0.05, 0) is 0 Å². The van der Waals surface area contributed by atoms with Crippen molar-refractivity contribution in [1.82, 2.24) is 0 Å². The van der Waals surface area contributed by atoms with Crippen LogP contribution in [-0.4, -0.2) is 23.0 Å². The molecule has 0 unspecified atom stereocenters. The zero-order valence-electron chi connectivity index (χ0n) is 4.59. The van der Waals surface area contributed by atoms with Crippen LogP contribution in [0.4, 0.5) is 0 Å². The standard InChI is InChI=1S/C7H7.Sb.H/c1-7-5-3-2-4-6-7;;/h2-6H,1H2;;. The van der Waals surface area contributed by atoms with E-state index in [0.717, 1.165) is 0 Å². The van der Waals surface area contributed by atoms with Crippen LogP contribution in [0.5, 0.6) is 0 Å². The summed E-state index contributed by atoms with van der Waals surface area (Å²) in [5, 5.41) is 0. The number of hydrogen-bond donors (Lipinski definition) is 0. The molecule has 0 saturated heterocycles. The van der Waals surface area contributed by atoms with E-state index in [1.807, 2.05) is 0 Å². The second-order valence-electron chi connectivity index (χ2n) is 1.66. The molecule has 1 rings (SSSR count). The summed E-state index contributed by atoms with van der Waals surface area (Å²) in [4.78, 5) is 0. The number of benzene rings is 1. The van der Waals surface area contributed by atoms with E-state index < -0.39 is 0 Å². The molecule has 8 heavy (non-hydrogen) atoms. The van der Waals surface area contributed by atoms with Crippen LogP contribution in [0.3, 0.4) is 0 Å². The molecule has 0 amide bonds. The zero-order valence-corrected chi connectivity index (χ0v) is 7.45. The van der Waals surface area contributed by atoms with Gasteiger partial charge in [0.2, 0.25) is 0 Å². The summed E-state index contributed by atoms with van der Waals surface area (Å²) >= 11 is 1.59. The molecule has 0 atom stereocenters. The average Bonchev–Trinajstić information content (AvgIpc) is 1.90. The Morgan fingerprint density at radius 3 is 2.12 bits per heavy atom. The van der Waals surface area contributed by atoms with Gasteiger partial charge >= 0.3 is 63.3 Å². The van der Waals surface area contributed by atoms with E-state index in [2.05, 4.69) is 30.3 Å². The minimum absolute atomic E-state index is 1.23. The fourth-order valence-corrected chi connectivity index (χ4v) is 1.27. The number of rotatable bonds is 1. The van der Waals surface area contributed by atoms with Gasteiger partial charge in [-0.15, -0.1) is 0 Å². The molecule has 0 saturated carbocycles. The fraction of sp³-hybridized carbons (Fsp3) is 0.143. The van der Waals surface area contributed by atoms with Gasteiger partial charge in [0.15, 0.2) is 0 Å². The van der Waals surface area contributed by atoms with Gasteiger partial charge in [-0.3, -0.25) is 0 Å². The van der Waals surface area contributed by atoms with Gasteiger partial charge < -0.3 is 0 Å². The van der Waals surface area contributed by atoms with Crippen LogP contribution in [-0.2, 0) is 4.37 Å². The molecule has 1 aromatic carbocycles.